The van der Waals surface area contributed by atoms with Crippen LogP contribution in [0.4, 0.5) is 5.69 Å². The van der Waals surface area contributed by atoms with E-state index in [0.717, 1.165) is 25.7 Å². The molecule has 1 heterocycles. The lowest BCUT2D eigenvalue weighted by molar-refractivity contribution is -0.122. The molecule has 29 heavy (non-hydrogen) atoms. The number of nitrogens with one attached hydrogen (secondary N) is 1. The molecule has 1 aliphatic rings. The SMILES string of the molecule is CC1(N)CCCCC1C(=O)Nc1ccc(Oc2cccc(C(N)=O)c2)nc1.Cl.Cl. The number of primary amides is 1. The topological polar surface area (TPSA) is 120 Å². The number of pyridine rings is 1. The van der Waals surface area contributed by atoms with Crippen LogP contribution >= 0.6 is 24.8 Å². The van der Waals surface area contributed by atoms with Crippen LogP contribution in [0.15, 0.2) is 42.6 Å². The van der Waals surface area contributed by atoms with Gasteiger partial charge in [-0.25, -0.2) is 4.98 Å². The van der Waals surface area contributed by atoms with E-state index in [9.17, 15) is 9.59 Å². The minimum absolute atomic E-state index is 0. The van der Waals surface area contributed by atoms with Crippen LogP contribution in [0.1, 0.15) is 43.0 Å². The molecule has 2 amide bonds. The normalized spacial score (nSPS) is 20.6. The number of benzene rings is 1. The van der Waals surface area contributed by atoms with Crippen molar-refractivity contribution < 1.29 is 14.3 Å². The molecule has 1 aromatic heterocycles. The second-order valence-corrected chi connectivity index (χ2v) is 7.17. The number of nitrogens with two attached hydrogens (primary N) is 2. The number of hydrogen-bond donors (Lipinski definition) is 3. The summed E-state index contributed by atoms with van der Waals surface area (Å²) in [6, 6.07) is 9.90. The molecule has 2 unspecified atom stereocenters. The Hall–Kier alpha value is -2.35. The number of ether oxygens (including phenoxy) is 1. The average molecular weight is 441 g/mol. The zero-order valence-electron chi connectivity index (χ0n) is 16.1. The van der Waals surface area contributed by atoms with Crippen molar-refractivity contribution in [2.24, 2.45) is 17.4 Å². The second-order valence-electron chi connectivity index (χ2n) is 7.17. The van der Waals surface area contributed by atoms with Crippen LogP contribution in [0.3, 0.4) is 0 Å². The molecule has 1 fully saturated rings. The second kappa shape index (κ2) is 10.4. The van der Waals surface area contributed by atoms with Gasteiger partial charge in [-0.2, -0.15) is 0 Å². The number of anilines is 1. The van der Waals surface area contributed by atoms with Crippen molar-refractivity contribution in [3.63, 3.8) is 0 Å². The average Bonchev–Trinajstić information content (AvgIpc) is 2.63. The predicted molar refractivity (Wildman–Crippen MR) is 117 cm³/mol. The highest BCUT2D eigenvalue weighted by Crippen LogP contribution is 2.32. The maximum atomic E-state index is 12.6. The van der Waals surface area contributed by atoms with Gasteiger partial charge in [0.05, 0.1) is 17.8 Å². The van der Waals surface area contributed by atoms with E-state index in [1.54, 1.807) is 36.4 Å². The van der Waals surface area contributed by atoms with Gasteiger partial charge >= 0.3 is 0 Å². The van der Waals surface area contributed by atoms with Crippen molar-refractivity contribution in [1.29, 1.82) is 0 Å². The molecule has 1 aliphatic carbocycles. The Bertz CT molecular complexity index is 844. The molecule has 0 spiro atoms. The summed E-state index contributed by atoms with van der Waals surface area (Å²) in [6.45, 7) is 1.94. The number of aromatic nitrogens is 1. The molecule has 7 nitrogen and oxygen atoms in total. The van der Waals surface area contributed by atoms with Gasteiger partial charge < -0.3 is 21.5 Å². The van der Waals surface area contributed by atoms with Gasteiger partial charge in [0.2, 0.25) is 17.7 Å². The summed E-state index contributed by atoms with van der Waals surface area (Å²) >= 11 is 0. The Kier molecular flexibility index (Phi) is 8.88. The summed E-state index contributed by atoms with van der Waals surface area (Å²) in [5.41, 5.74) is 12.0. The van der Waals surface area contributed by atoms with E-state index in [-0.39, 0.29) is 36.6 Å². The van der Waals surface area contributed by atoms with Crippen molar-refractivity contribution in [2.45, 2.75) is 38.1 Å². The van der Waals surface area contributed by atoms with Crippen LogP contribution in [-0.4, -0.2) is 22.3 Å². The Balaban J connectivity index is 0.00000210. The summed E-state index contributed by atoms with van der Waals surface area (Å²) < 4.78 is 5.63. The van der Waals surface area contributed by atoms with Crippen LogP contribution < -0.4 is 21.5 Å². The van der Waals surface area contributed by atoms with Crippen LogP contribution in [0.5, 0.6) is 11.6 Å². The van der Waals surface area contributed by atoms with Crippen molar-refractivity contribution >= 4 is 42.3 Å². The molecule has 0 saturated heterocycles. The third-order valence-corrected chi connectivity index (χ3v) is 4.92. The van der Waals surface area contributed by atoms with Gasteiger partial charge in [0.1, 0.15) is 5.75 Å². The van der Waals surface area contributed by atoms with E-state index >= 15 is 0 Å². The van der Waals surface area contributed by atoms with E-state index < -0.39 is 11.4 Å². The lowest BCUT2D eigenvalue weighted by Crippen LogP contribution is -2.51. The van der Waals surface area contributed by atoms with Crippen molar-refractivity contribution in [1.82, 2.24) is 4.98 Å². The van der Waals surface area contributed by atoms with Crippen molar-refractivity contribution in [2.75, 3.05) is 5.32 Å². The highest BCUT2D eigenvalue weighted by atomic mass is 35.5. The largest absolute Gasteiger partial charge is 0.439 e. The van der Waals surface area contributed by atoms with Gasteiger partial charge in [0.25, 0.3) is 0 Å². The first-order valence-electron chi connectivity index (χ1n) is 8.99. The van der Waals surface area contributed by atoms with Gasteiger partial charge in [-0.1, -0.05) is 18.9 Å². The molecule has 1 saturated carbocycles. The molecule has 0 radical (unpaired) electrons. The number of nitrogens with zero attached hydrogens (tertiary/aromatic N) is 1. The minimum Gasteiger partial charge on any atom is -0.439 e. The fourth-order valence-corrected chi connectivity index (χ4v) is 3.37. The third-order valence-electron chi connectivity index (χ3n) is 4.92. The first-order valence-corrected chi connectivity index (χ1v) is 8.99. The van der Waals surface area contributed by atoms with Gasteiger partial charge in [-0.05, 0) is 44.0 Å². The molecule has 9 heteroatoms. The van der Waals surface area contributed by atoms with Gasteiger partial charge in [0, 0.05) is 17.2 Å². The smallest absolute Gasteiger partial charge is 0.248 e. The quantitative estimate of drug-likeness (QED) is 0.654. The van der Waals surface area contributed by atoms with E-state index in [1.165, 1.54) is 6.20 Å². The highest BCUT2D eigenvalue weighted by Gasteiger charge is 2.37. The van der Waals surface area contributed by atoms with Gasteiger partial charge in [-0.15, -0.1) is 24.8 Å². The summed E-state index contributed by atoms with van der Waals surface area (Å²) in [7, 11) is 0. The molecule has 0 bridgehead atoms. The lowest BCUT2D eigenvalue weighted by Gasteiger charge is -2.37. The summed E-state index contributed by atoms with van der Waals surface area (Å²) in [6.07, 6.45) is 5.24. The van der Waals surface area contributed by atoms with Crippen molar-refractivity contribution in [3.8, 4) is 11.6 Å². The van der Waals surface area contributed by atoms with Crippen LogP contribution in [0.25, 0.3) is 0 Å². The van der Waals surface area contributed by atoms with Gasteiger partial charge in [0.15, 0.2) is 0 Å². The monoisotopic (exact) mass is 440 g/mol. The fraction of sp³-hybridized carbons (Fsp3) is 0.350. The zero-order valence-corrected chi connectivity index (χ0v) is 17.7. The first kappa shape index (κ1) is 24.7. The lowest BCUT2D eigenvalue weighted by atomic mass is 9.74. The van der Waals surface area contributed by atoms with Crippen LogP contribution in [0, 0.1) is 5.92 Å². The minimum atomic E-state index is -0.527. The first-order chi connectivity index (χ1) is 12.8. The van der Waals surface area contributed by atoms with E-state index in [4.69, 9.17) is 16.2 Å². The number of amides is 2. The number of rotatable bonds is 5. The summed E-state index contributed by atoms with van der Waals surface area (Å²) in [5.74, 6) is -0.0169. The van der Waals surface area contributed by atoms with Crippen molar-refractivity contribution in [3.05, 3.63) is 48.2 Å². The molecular weight excluding hydrogens is 415 g/mol. The van der Waals surface area contributed by atoms with E-state index in [2.05, 4.69) is 10.3 Å². The molecular formula is C20H26Cl2N4O3. The third kappa shape index (κ3) is 6.32. The Morgan fingerprint density at radius 1 is 1.21 bits per heavy atom. The number of halogens is 2. The summed E-state index contributed by atoms with van der Waals surface area (Å²) in [4.78, 5) is 28.0. The highest BCUT2D eigenvalue weighted by molar-refractivity contribution is 5.93. The number of carbonyl (C=O) groups excluding carboxylic acids is 2. The molecule has 0 aliphatic heterocycles. The standard InChI is InChI=1S/C20H24N4O3.2ClH/c1-20(22)10-3-2-7-16(20)19(26)24-14-8-9-17(23-12-14)27-15-6-4-5-13(11-15)18(21)25;;/h4-6,8-9,11-12,16H,2-3,7,10,22H2,1H3,(H2,21,25)(H,24,26);2*1H. The molecule has 2 aromatic rings. The van der Waals surface area contributed by atoms with Crippen LogP contribution in [-0.2, 0) is 4.79 Å². The summed E-state index contributed by atoms with van der Waals surface area (Å²) in [5, 5.41) is 2.88. The molecule has 2 atom stereocenters. The maximum Gasteiger partial charge on any atom is 0.248 e. The molecule has 3 rings (SSSR count). The van der Waals surface area contributed by atoms with Gasteiger partial charge in [-0.3, -0.25) is 9.59 Å². The Morgan fingerprint density at radius 3 is 2.59 bits per heavy atom. The number of carbonyl (C=O) groups is 2. The zero-order chi connectivity index (χ0) is 19.4. The Morgan fingerprint density at radius 2 is 1.97 bits per heavy atom. The van der Waals surface area contributed by atoms with E-state index in [0.29, 0.717) is 22.9 Å². The maximum absolute atomic E-state index is 12.6. The molecule has 1 aromatic carbocycles. The predicted octanol–water partition coefficient (Wildman–Crippen LogP) is 3.66. The molecule has 5 N–H and O–H groups in total. The number of hydrogen-bond acceptors (Lipinski definition) is 5. The Labute approximate surface area is 182 Å². The molecule has 158 valence electrons. The van der Waals surface area contributed by atoms with Crippen LogP contribution in [0.2, 0.25) is 0 Å². The van der Waals surface area contributed by atoms with E-state index in [1.807, 2.05) is 6.92 Å². The fourth-order valence-electron chi connectivity index (χ4n) is 3.37.